The molecule has 2 N–H and O–H groups in total. The van der Waals surface area contributed by atoms with Crippen LogP contribution in [-0.2, 0) is 4.74 Å². The summed E-state index contributed by atoms with van der Waals surface area (Å²) in [4.78, 5) is 12.5. The minimum absolute atomic E-state index is 0.00870. The molecule has 27 heavy (non-hydrogen) atoms. The zero-order valence-electron chi connectivity index (χ0n) is 15.7. The molecule has 0 aliphatic heterocycles. The highest BCUT2D eigenvalue weighted by Crippen LogP contribution is 2.29. The first-order chi connectivity index (χ1) is 13.1. The van der Waals surface area contributed by atoms with Gasteiger partial charge in [-0.05, 0) is 30.3 Å². The van der Waals surface area contributed by atoms with Gasteiger partial charge in [0, 0.05) is 19.2 Å². The molecule has 1 unspecified atom stereocenters. The molecule has 0 aliphatic rings. The smallest absolute Gasteiger partial charge is 0.255 e. The van der Waals surface area contributed by atoms with Gasteiger partial charge in [-0.25, -0.2) is 0 Å². The third-order valence-electron chi connectivity index (χ3n) is 3.93. The number of carbonyl (C=O) groups excluding carboxylic acids is 1. The average Bonchev–Trinajstić information content (AvgIpc) is 2.71. The van der Waals surface area contributed by atoms with Gasteiger partial charge in [0.25, 0.3) is 5.91 Å². The quantitative estimate of drug-likeness (QED) is 0.619. The summed E-state index contributed by atoms with van der Waals surface area (Å²) in [5, 5.41) is 13.2. The Kier molecular flexibility index (Phi) is 7.91. The van der Waals surface area contributed by atoms with Crippen molar-refractivity contribution in [2.75, 3.05) is 41.1 Å². The minimum Gasteiger partial charge on any atom is -0.497 e. The van der Waals surface area contributed by atoms with Crippen LogP contribution < -0.4 is 19.5 Å². The van der Waals surface area contributed by atoms with Crippen LogP contribution in [0.4, 0.5) is 0 Å². The van der Waals surface area contributed by atoms with E-state index in [2.05, 4.69) is 5.32 Å². The SMILES string of the molecule is COCCOc1ccccc1C(=O)NCC(O)c1cc(OC)ccc1OC. The van der Waals surface area contributed by atoms with Crippen LogP contribution in [0.1, 0.15) is 22.0 Å². The first-order valence-corrected chi connectivity index (χ1v) is 8.49. The summed E-state index contributed by atoms with van der Waals surface area (Å²) in [7, 11) is 4.64. The molecule has 1 amide bonds. The number of nitrogens with one attached hydrogen (secondary N) is 1. The Morgan fingerprint density at radius 2 is 1.81 bits per heavy atom. The van der Waals surface area contributed by atoms with E-state index in [4.69, 9.17) is 18.9 Å². The Bertz CT molecular complexity index is 749. The topological polar surface area (TPSA) is 86.3 Å². The van der Waals surface area contributed by atoms with Crippen LogP contribution in [-0.4, -0.2) is 52.1 Å². The van der Waals surface area contributed by atoms with Crippen molar-refractivity contribution in [3.05, 3.63) is 53.6 Å². The molecule has 0 heterocycles. The maximum Gasteiger partial charge on any atom is 0.255 e. The van der Waals surface area contributed by atoms with Gasteiger partial charge in [-0.2, -0.15) is 0 Å². The standard InChI is InChI=1S/C20H25NO6/c1-24-10-11-27-19-7-5-4-6-15(19)20(23)21-13-17(22)16-12-14(25-2)8-9-18(16)26-3/h4-9,12,17,22H,10-11,13H2,1-3H3,(H,21,23). The van der Waals surface area contributed by atoms with Crippen LogP contribution in [0.5, 0.6) is 17.2 Å². The number of ether oxygens (including phenoxy) is 4. The summed E-state index contributed by atoms with van der Waals surface area (Å²) in [5.41, 5.74) is 0.917. The van der Waals surface area contributed by atoms with Crippen molar-refractivity contribution in [2.24, 2.45) is 0 Å². The fraction of sp³-hybridized carbons (Fsp3) is 0.350. The molecular formula is C20H25NO6. The molecule has 7 nitrogen and oxygen atoms in total. The molecule has 1 atom stereocenters. The first-order valence-electron chi connectivity index (χ1n) is 8.49. The number of aliphatic hydroxyl groups excluding tert-OH is 1. The summed E-state index contributed by atoms with van der Waals surface area (Å²) in [6.07, 6.45) is -0.958. The molecule has 0 bridgehead atoms. The van der Waals surface area contributed by atoms with Crippen molar-refractivity contribution in [3.63, 3.8) is 0 Å². The monoisotopic (exact) mass is 375 g/mol. The van der Waals surface area contributed by atoms with Crippen LogP contribution in [0.15, 0.2) is 42.5 Å². The highest BCUT2D eigenvalue weighted by Gasteiger charge is 2.18. The van der Waals surface area contributed by atoms with E-state index in [-0.39, 0.29) is 12.5 Å². The van der Waals surface area contributed by atoms with Crippen LogP contribution in [0.3, 0.4) is 0 Å². The van der Waals surface area contributed by atoms with E-state index in [0.717, 1.165) is 0 Å². The number of hydrogen-bond donors (Lipinski definition) is 2. The van der Waals surface area contributed by atoms with E-state index >= 15 is 0 Å². The zero-order valence-corrected chi connectivity index (χ0v) is 15.7. The predicted octanol–water partition coefficient (Wildman–Crippen LogP) is 2.19. The van der Waals surface area contributed by atoms with Gasteiger partial charge < -0.3 is 29.4 Å². The second kappa shape index (κ2) is 10.4. The third-order valence-corrected chi connectivity index (χ3v) is 3.93. The molecule has 0 aliphatic carbocycles. The number of carbonyl (C=O) groups is 1. The number of para-hydroxylation sites is 1. The van der Waals surface area contributed by atoms with Gasteiger partial charge in [-0.15, -0.1) is 0 Å². The molecule has 0 spiro atoms. The fourth-order valence-corrected chi connectivity index (χ4v) is 2.51. The maximum absolute atomic E-state index is 12.5. The van der Waals surface area contributed by atoms with Crippen molar-refractivity contribution in [1.29, 1.82) is 0 Å². The largest absolute Gasteiger partial charge is 0.497 e. The van der Waals surface area contributed by atoms with Crippen molar-refractivity contribution in [3.8, 4) is 17.2 Å². The summed E-state index contributed by atoms with van der Waals surface area (Å²) in [6.45, 7) is 0.767. The highest BCUT2D eigenvalue weighted by molar-refractivity contribution is 5.96. The number of aliphatic hydroxyl groups is 1. The number of amides is 1. The molecule has 2 rings (SSSR count). The van der Waals surface area contributed by atoms with Gasteiger partial charge in [-0.1, -0.05) is 12.1 Å². The molecule has 0 radical (unpaired) electrons. The molecule has 0 fully saturated rings. The Balaban J connectivity index is 2.05. The lowest BCUT2D eigenvalue weighted by Crippen LogP contribution is -2.29. The van der Waals surface area contributed by atoms with Crippen molar-refractivity contribution in [1.82, 2.24) is 5.32 Å². The Labute approximate surface area is 158 Å². The lowest BCUT2D eigenvalue weighted by Gasteiger charge is -2.17. The highest BCUT2D eigenvalue weighted by atomic mass is 16.5. The third kappa shape index (κ3) is 5.60. The summed E-state index contributed by atoms with van der Waals surface area (Å²) in [6, 6.07) is 12.0. The summed E-state index contributed by atoms with van der Waals surface area (Å²) in [5.74, 6) is 1.22. The number of hydrogen-bond acceptors (Lipinski definition) is 6. The lowest BCUT2D eigenvalue weighted by molar-refractivity contribution is 0.0907. The van der Waals surface area contributed by atoms with Crippen LogP contribution in [0, 0.1) is 0 Å². The molecule has 0 saturated carbocycles. The number of rotatable bonds is 10. The van der Waals surface area contributed by atoms with Crippen LogP contribution in [0.2, 0.25) is 0 Å². The van der Waals surface area contributed by atoms with E-state index in [0.29, 0.717) is 41.6 Å². The van der Waals surface area contributed by atoms with Gasteiger partial charge in [0.2, 0.25) is 0 Å². The Hall–Kier alpha value is -2.77. The predicted molar refractivity (Wildman–Crippen MR) is 101 cm³/mol. The molecular weight excluding hydrogens is 350 g/mol. The lowest BCUT2D eigenvalue weighted by atomic mass is 10.1. The second-order valence-corrected chi connectivity index (χ2v) is 5.67. The molecule has 0 aromatic heterocycles. The van der Waals surface area contributed by atoms with Crippen LogP contribution in [0.25, 0.3) is 0 Å². The summed E-state index contributed by atoms with van der Waals surface area (Å²) < 4.78 is 21.0. The summed E-state index contributed by atoms with van der Waals surface area (Å²) >= 11 is 0. The maximum atomic E-state index is 12.5. The van der Waals surface area contributed by atoms with Gasteiger partial charge in [0.1, 0.15) is 30.0 Å². The average molecular weight is 375 g/mol. The Morgan fingerprint density at radius 1 is 1.04 bits per heavy atom. The van der Waals surface area contributed by atoms with E-state index in [9.17, 15) is 9.90 Å². The van der Waals surface area contributed by atoms with E-state index in [1.165, 1.54) is 7.11 Å². The van der Waals surface area contributed by atoms with Crippen molar-refractivity contribution < 1.29 is 28.8 Å². The number of methoxy groups -OCH3 is 3. The van der Waals surface area contributed by atoms with Gasteiger partial charge in [0.15, 0.2) is 0 Å². The molecule has 2 aromatic rings. The number of benzene rings is 2. The van der Waals surface area contributed by atoms with Crippen molar-refractivity contribution in [2.45, 2.75) is 6.10 Å². The van der Waals surface area contributed by atoms with Crippen molar-refractivity contribution >= 4 is 5.91 Å². The Morgan fingerprint density at radius 3 is 2.52 bits per heavy atom. The second-order valence-electron chi connectivity index (χ2n) is 5.67. The minimum atomic E-state index is -0.958. The van der Waals surface area contributed by atoms with Gasteiger partial charge >= 0.3 is 0 Å². The van der Waals surface area contributed by atoms with Crippen LogP contribution >= 0.6 is 0 Å². The van der Waals surface area contributed by atoms with E-state index in [1.54, 1.807) is 56.7 Å². The van der Waals surface area contributed by atoms with Gasteiger partial charge in [-0.3, -0.25) is 4.79 Å². The zero-order chi connectivity index (χ0) is 19.6. The molecule has 7 heteroatoms. The van der Waals surface area contributed by atoms with E-state index < -0.39 is 6.10 Å². The normalized spacial score (nSPS) is 11.6. The molecule has 146 valence electrons. The first kappa shape index (κ1) is 20.5. The van der Waals surface area contributed by atoms with Gasteiger partial charge in [0.05, 0.1) is 26.4 Å². The van der Waals surface area contributed by atoms with E-state index in [1.807, 2.05) is 0 Å². The fourth-order valence-electron chi connectivity index (χ4n) is 2.51. The molecule has 0 saturated heterocycles. The molecule has 2 aromatic carbocycles.